The lowest BCUT2D eigenvalue weighted by atomic mass is 10.1. The first-order valence-corrected chi connectivity index (χ1v) is 9.55. The molecular formula is C22H26N2O4. The van der Waals surface area contributed by atoms with Crippen molar-refractivity contribution in [2.45, 2.75) is 52.5 Å². The Morgan fingerprint density at radius 3 is 2.75 bits per heavy atom. The number of carbonyl (C=O) groups is 2. The molecule has 1 N–H and O–H groups in total. The van der Waals surface area contributed by atoms with Gasteiger partial charge in [0.1, 0.15) is 12.4 Å². The third-order valence-electron chi connectivity index (χ3n) is 4.92. The fourth-order valence-corrected chi connectivity index (χ4v) is 3.10. The number of nitrogens with zero attached hydrogens (tertiary/aromatic N) is 1. The van der Waals surface area contributed by atoms with Crippen LogP contribution in [0.4, 0.5) is 10.5 Å². The van der Waals surface area contributed by atoms with Crippen LogP contribution in [0.15, 0.2) is 48.5 Å². The number of benzene rings is 2. The van der Waals surface area contributed by atoms with Gasteiger partial charge in [0.25, 0.3) is 5.91 Å². The first-order chi connectivity index (χ1) is 13.5. The van der Waals surface area contributed by atoms with Gasteiger partial charge in [-0.15, -0.1) is 0 Å². The number of nitrogens with one attached hydrogen (secondary N) is 1. The SMILES string of the molecule is CCC(C)N1Cc2cc(NC(=O)OCc3ccccc3)ccc2OC(C)C1=O. The van der Waals surface area contributed by atoms with Crippen LogP contribution < -0.4 is 10.1 Å². The summed E-state index contributed by atoms with van der Waals surface area (Å²) in [5.41, 5.74) is 2.38. The Balaban J connectivity index is 1.70. The van der Waals surface area contributed by atoms with Gasteiger partial charge in [-0.3, -0.25) is 10.1 Å². The molecule has 0 bridgehead atoms. The fourth-order valence-electron chi connectivity index (χ4n) is 3.10. The smallest absolute Gasteiger partial charge is 0.411 e. The van der Waals surface area contributed by atoms with Crippen LogP contribution in [0.5, 0.6) is 5.75 Å². The van der Waals surface area contributed by atoms with E-state index < -0.39 is 12.2 Å². The molecule has 0 aromatic heterocycles. The summed E-state index contributed by atoms with van der Waals surface area (Å²) in [4.78, 5) is 26.6. The first-order valence-electron chi connectivity index (χ1n) is 9.55. The highest BCUT2D eigenvalue weighted by atomic mass is 16.5. The summed E-state index contributed by atoms with van der Waals surface area (Å²) in [6.07, 6.45) is -0.205. The van der Waals surface area contributed by atoms with Crippen molar-refractivity contribution in [1.29, 1.82) is 0 Å². The van der Waals surface area contributed by atoms with Crippen molar-refractivity contribution < 1.29 is 19.1 Å². The molecule has 0 saturated carbocycles. The van der Waals surface area contributed by atoms with Crippen LogP contribution in [0.2, 0.25) is 0 Å². The Hall–Kier alpha value is -3.02. The number of anilines is 1. The minimum Gasteiger partial charge on any atom is -0.481 e. The van der Waals surface area contributed by atoms with E-state index in [0.717, 1.165) is 17.5 Å². The second-order valence-corrected chi connectivity index (χ2v) is 6.99. The zero-order valence-electron chi connectivity index (χ0n) is 16.5. The highest BCUT2D eigenvalue weighted by Gasteiger charge is 2.30. The molecule has 3 rings (SSSR count). The van der Waals surface area contributed by atoms with Gasteiger partial charge in [0, 0.05) is 23.8 Å². The average Bonchev–Trinajstić information content (AvgIpc) is 2.83. The highest BCUT2D eigenvalue weighted by molar-refractivity contribution is 5.85. The number of carbonyl (C=O) groups excluding carboxylic acids is 2. The van der Waals surface area contributed by atoms with Gasteiger partial charge >= 0.3 is 6.09 Å². The standard InChI is InChI=1S/C22H26N2O4/c1-4-15(2)24-13-18-12-19(10-11-20(18)28-16(3)21(24)25)23-22(26)27-14-17-8-6-5-7-9-17/h5-12,15-16H,4,13-14H2,1-3H3,(H,23,26). The normalized spacial score (nSPS) is 17.2. The molecule has 0 fully saturated rings. The van der Waals surface area contributed by atoms with Gasteiger partial charge < -0.3 is 14.4 Å². The predicted molar refractivity (Wildman–Crippen MR) is 107 cm³/mol. The van der Waals surface area contributed by atoms with E-state index in [2.05, 4.69) is 12.2 Å². The molecule has 2 aromatic carbocycles. The molecule has 0 aliphatic carbocycles. The van der Waals surface area contributed by atoms with Crippen molar-refractivity contribution in [1.82, 2.24) is 4.90 Å². The van der Waals surface area contributed by atoms with Crippen LogP contribution in [0.3, 0.4) is 0 Å². The summed E-state index contributed by atoms with van der Waals surface area (Å²) < 4.78 is 11.1. The summed E-state index contributed by atoms with van der Waals surface area (Å²) >= 11 is 0. The summed E-state index contributed by atoms with van der Waals surface area (Å²) in [5, 5.41) is 2.74. The molecule has 6 nitrogen and oxygen atoms in total. The van der Waals surface area contributed by atoms with E-state index in [1.54, 1.807) is 19.1 Å². The maximum atomic E-state index is 12.6. The van der Waals surface area contributed by atoms with Gasteiger partial charge in [-0.1, -0.05) is 37.3 Å². The number of hydrogen-bond donors (Lipinski definition) is 1. The van der Waals surface area contributed by atoms with Gasteiger partial charge in [-0.25, -0.2) is 4.79 Å². The zero-order valence-corrected chi connectivity index (χ0v) is 16.5. The van der Waals surface area contributed by atoms with Crippen LogP contribution in [0, 0.1) is 0 Å². The third-order valence-corrected chi connectivity index (χ3v) is 4.92. The molecule has 148 valence electrons. The summed E-state index contributed by atoms with van der Waals surface area (Å²) in [6.45, 7) is 6.49. The molecule has 0 saturated heterocycles. The van der Waals surface area contributed by atoms with E-state index in [1.807, 2.05) is 48.2 Å². The zero-order chi connectivity index (χ0) is 20.1. The van der Waals surface area contributed by atoms with Crippen LogP contribution >= 0.6 is 0 Å². The number of ether oxygens (including phenoxy) is 2. The van der Waals surface area contributed by atoms with Gasteiger partial charge in [0.2, 0.25) is 0 Å². The topological polar surface area (TPSA) is 67.9 Å². The lowest BCUT2D eigenvalue weighted by Crippen LogP contribution is -2.42. The molecule has 1 aliphatic heterocycles. The Bertz CT molecular complexity index is 838. The van der Waals surface area contributed by atoms with Crippen LogP contribution in [-0.4, -0.2) is 29.0 Å². The molecule has 28 heavy (non-hydrogen) atoms. The Morgan fingerprint density at radius 1 is 1.29 bits per heavy atom. The number of amides is 2. The van der Waals surface area contributed by atoms with Crippen molar-refractivity contribution in [3.8, 4) is 5.75 Å². The first kappa shape index (κ1) is 19.7. The second-order valence-electron chi connectivity index (χ2n) is 6.99. The van der Waals surface area contributed by atoms with Crippen LogP contribution in [0.25, 0.3) is 0 Å². The molecule has 2 atom stereocenters. The van der Waals surface area contributed by atoms with Gasteiger partial charge in [-0.05, 0) is 44.0 Å². The fraction of sp³-hybridized carbons (Fsp3) is 0.364. The van der Waals surface area contributed by atoms with Crippen molar-refractivity contribution in [2.24, 2.45) is 0 Å². The van der Waals surface area contributed by atoms with E-state index in [1.165, 1.54) is 0 Å². The molecule has 6 heteroatoms. The van der Waals surface area contributed by atoms with Crippen molar-refractivity contribution in [3.63, 3.8) is 0 Å². The highest BCUT2D eigenvalue weighted by Crippen LogP contribution is 2.30. The maximum Gasteiger partial charge on any atom is 0.411 e. The molecule has 2 unspecified atom stereocenters. The monoisotopic (exact) mass is 382 g/mol. The minimum absolute atomic E-state index is 0.0256. The second kappa shape index (κ2) is 8.78. The Morgan fingerprint density at radius 2 is 2.04 bits per heavy atom. The number of fused-ring (bicyclic) bond motifs is 1. The lowest BCUT2D eigenvalue weighted by Gasteiger charge is -2.28. The van der Waals surface area contributed by atoms with Crippen molar-refractivity contribution in [3.05, 3.63) is 59.7 Å². The molecular weight excluding hydrogens is 356 g/mol. The molecule has 1 heterocycles. The third kappa shape index (κ3) is 4.63. The summed E-state index contributed by atoms with van der Waals surface area (Å²) in [5.74, 6) is 0.636. The van der Waals surface area contributed by atoms with Crippen molar-refractivity contribution >= 4 is 17.7 Å². The largest absolute Gasteiger partial charge is 0.481 e. The lowest BCUT2D eigenvalue weighted by molar-refractivity contribution is -0.139. The van der Waals surface area contributed by atoms with E-state index in [4.69, 9.17) is 9.47 Å². The Labute approximate surface area is 165 Å². The Kier molecular flexibility index (Phi) is 6.19. The minimum atomic E-state index is -0.537. The molecule has 0 radical (unpaired) electrons. The van der Waals surface area contributed by atoms with Gasteiger partial charge in [0.05, 0.1) is 0 Å². The summed E-state index contributed by atoms with van der Waals surface area (Å²) in [6, 6.07) is 15.0. The van der Waals surface area contributed by atoms with Gasteiger partial charge in [0.15, 0.2) is 6.10 Å². The summed E-state index contributed by atoms with van der Waals surface area (Å²) in [7, 11) is 0. The molecule has 2 aromatic rings. The van der Waals surface area contributed by atoms with E-state index in [0.29, 0.717) is 18.0 Å². The maximum absolute atomic E-state index is 12.6. The van der Waals surface area contributed by atoms with Crippen LogP contribution in [0.1, 0.15) is 38.3 Å². The van der Waals surface area contributed by atoms with E-state index in [9.17, 15) is 9.59 Å². The van der Waals surface area contributed by atoms with Crippen molar-refractivity contribution in [2.75, 3.05) is 5.32 Å². The number of rotatable bonds is 5. The predicted octanol–water partition coefficient (Wildman–Crippen LogP) is 4.34. The quantitative estimate of drug-likeness (QED) is 0.835. The number of hydrogen-bond acceptors (Lipinski definition) is 4. The van der Waals surface area contributed by atoms with Gasteiger partial charge in [-0.2, -0.15) is 0 Å². The van der Waals surface area contributed by atoms with Crippen LogP contribution in [-0.2, 0) is 22.7 Å². The molecule has 0 spiro atoms. The molecule has 2 amide bonds. The molecule has 1 aliphatic rings. The van der Waals surface area contributed by atoms with E-state index in [-0.39, 0.29) is 18.6 Å². The van der Waals surface area contributed by atoms with E-state index >= 15 is 0 Å². The average molecular weight is 382 g/mol.